The van der Waals surface area contributed by atoms with E-state index in [4.69, 9.17) is 0 Å². The summed E-state index contributed by atoms with van der Waals surface area (Å²) in [5, 5.41) is 6.30. The first-order valence-electron chi connectivity index (χ1n) is 5.22. The molecule has 1 fully saturated rings. The average molecular weight is 224 g/mol. The molecular formula is C11H16N2OS. The van der Waals surface area contributed by atoms with Crippen LogP contribution in [0.3, 0.4) is 0 Å². The molecule has 15 heavy (non-hydrogen) atoms. The van der Waals surface area contributed by atoms with Gasteiger partial charge in [0, 0.05) is 13.1 Å². The van der Waals surface area contributed by atoms with E-state index in [0.29, 0.717) is 12.6 Å². The topological polar surface area (TPSA) is 32.3 Å². The molecule has 1 N–H and O–H groups in total. The largest absolute Gasteiger partial charge is 0.306 e. The predicted molar refractivity (Wildman–Crippen MR) is 63.5 cm³/mol. The molecule has 1 aliphatic carbocycles. The monoisotopic (exact) mass is 224 g/mol. The van der Waals surface area contributed by atoms with Crippen LogP contribution in [0.4, 0.5) is 5.00 Å². The number of likely N-dealkylation sites (N-methyl/N-ethyl adjacent to an activating group) is 1. The molecule has 1 aliphatic rings. The van der Waals surface area contributed by atoms with Gasteiger partial charge in [0.15, 0.2) is 0 Å². The van der Waals surface area contributed by atoms with Crippen molar-refractivity contribution in [1.82, 2.24) is 5.32 Å². The molecule has 0 spiro atoms. The number of aryl methyl sites for hydroxylation is 1. The van der Waals surface area contributed by atoms with Gasteiger partial charge in [0.05, 0.1) is 6.54 Å². The zero-order chi connectivity index (χ0) is 10.8. The highest BCUT2D eigenvalue weighted by Gasteiger charge is 2.22. The normalized spacial score (nSPS) is 15.3. The highest BCUT2D eigenvalue weighted by Crippen LogP contribution is 2.25. The molecule has 2 rings (SSSR count). The van der Waals surface area contributed by atoms with E-state index >= 15 is 0 Å². The number of nitrogens with zero attached hydrogens (tertiary/aromatic N) is 1. The van der Waals surface area contributed by atoms with E-state index in [2.05, 4.69) is 5.32 Å². The van der Waals surface area contributed by atoms with Crippen LogP contribution in [0.5, 0.6) is 0 Å². The Morgan fingerprint density at radius 2 is 2.40 bits per heavy atom. The summed E-state index contributed by atoms with van der Waals surface area (Å²) in [4.78, 5) is 13.5. The van der Waals surface area contributed by atoms with Crippen LogP contribution in [0.1, 0.15) is 18.4 Å². The maximum atomic E-state index is 11.8. The number of anilines is 1. The van der Waals surface area contributed by atoms with Crippen LogP contribution in [-0.4, -0.2) is 25.5 Å². The summed E-state index contributed by atoms with van der Waals surface area (Å²) in [7, 11) is 1.84. The first-order chi connectivity index (χ1) is 7.18. The Morgan fingerprint density at radius 1 is 1.67 bits per heavy atom. The third-order valence-electron chi connectivity index (χ3n) is 2.63. The number of rotatable bonds is 4. The quantitative estimate of drug-likeness (QED) is 0.845. The van der Waals surface area contributed by atoms with Gasteiger partial charge in [-0.3, -0.25) is 4.79 Å². The molecule has 1 saturated carbocycles. The third kappa shape index (κ3) is 2.58. The molecule has 1 heterocycles. The minimum absolute atomic E-state index is 0.146. The van der Waals surface area contributed by atoms with Crippen molar-refractivity contribution in [2.45, 2.75) is 25.8 Å². The molecule has 0 aliphatic heterocycles. The lowest BCUT2D eigenvalue weighted by Crippen LogP contribution is -2.36. The van der Waals surface area contributed by atoms with Crippen molar-refractivity contribution in [3.05, 3.63) is 17.0 Å². The molecule has 0 atom stereocenters. The number of amides is 1. The van der Waals surface area contributed by atoms with Gasteiger partial charge < -0.3 is 10.2 Å². The predicted octanol–water partition coefficient (Wildman–Crippen LogP) is 1.77. The number of hydrogen-bond acceptors (Lipinski definition) is 3. The second kappa shape index (κ2) is 4.33. The van der Waals surface area contributed by atoms with E-state index in [1.54, 1.807) is 16.2 Å². The molecule has 1 aromatic rings. The van der Waals surface area contributed by atoms with Gasteiger partial charge in [-0.2, -0.15) is 0 Å². The number of nitrogens with one attached hydrogen (secondary N) is 1. The molecule has 3 nitrogen and oxygen atoms in total. The van der Waals surface area contributed by atoms with Crippen LogP contribution >= 0.6 is 11.3 Å². The molecule has 0 unspecified atom stereocenters. The Kier molecular flexibility index (Phi) is 3.07. The fraction of sp³-hybridized carbons (Fsp3) is 0.545. The number of thiophene rings is 1. The smallest absolute Gasteiger partial charge is 0.241 e. The molecule has 82 valence electrons. The average Bonchev–Trinajstić information content (AvgIpc) is 2.96. The maximum Gasteiger partial charge on any atom is 0.241 e. The summed E-state index contributed by atoms with van der Waals surface area (Å²) >= 11 is 1.61. The highest BCUT2D eigenvalue weighted by molar-refractivity contribution is 7.14. The molecule has 0 radical (unpaired) electrons. The van der Waals surface area contributed by atoms with Gasteiger partial charge in [0.2, 0.25) is 5.91 Å². The lowest BCUT2D eigenvalue weighted by molar-refractivity contribution is -0.117. The lowest BCUT2D eigenvalue weighted by Gasteiger charge is -2.16. The van der Waals surface area contributed by atoms with Crippen molar-refractivity contribution >= 4 is 22.2 Å². The van der Waals surface area contributed by atoms with E-state index in [0.717, 1.165) is 5.00 Å². The van der Waals surface area contributed by atoms with E-state index in [1.807, 2.05) is 25.4 Å². The van der Waals surface area contributed by atoms with E-state index < -0.39 is 0 Å². The van der Waals surface area contributed by atoms with Crippen molar-refractivity contribution in [3.63, 3.8) is 0 Å². The summed E-state index contributed by atoms with van der Waals surface area (Å²) in [6.45, 7) is 2.49. The summed E-state index contributed by atoms with van der Waals surface area (Å²) < 4.78 is 0. The van der Waals surface area contributed by atoms with E-state index in [9.17, 15) is 4.79 Å². The molecule has 0 saturated heterocycles. The number of hydrogen-bond donors (Lipinski definition) is 1. The molecule has 1 amide bonds. The fourth-order valence-electron chi connectivity index (χ4n) is 1.46. The van der Waals surface area contributed by atoms with Crippen LogP contribution in [0.15, 0.2) is 11.4 Å². The Balaban J connectivity index is 1.91. The van der Waals surface area contributed by atoms with E-state index in [1.165, 1.54) is 18.4 Å². The third-order valence-corrected chi connectivity index (χ3v) is 3.72. The second-order valence-corrected chi connectivity index (χ2v) is 4.91. The Morgan fingerprint density at radius 3 is 2.93 bits per heavy atom. The Bertz CT molecular complexity index is 357. The van der Waals surface area contributed by atoms with Gasteiger partial charge in [0.25, 0.3) is 0 Å². The van der Waals surface area contributed by atoms with Crippen LogP contribution in [-0.2, 0) is 4.79 Å². The first-order valence-corrected chi connectivity index (χ1v) is 6.10. The standard InChI is InChI=1S/C11H16N2OS/c1-8-5-6-15-11(8)13(2)10(14)7-12-9-3-4-9/h5-6,9,12H,3-4,7H2,1-2H3. The van der Waals surface area contributed by atoms with Gasteiger partial charge in [-0.1, -0.05) is 0 Å². The van der Waals surface area contributed by atoms with Gasteiger partial charge in [-0.25, -0.2) is 0 Å². The molecule has 0 aromatic carbocycles. The van der Waals surface area contributed by atoms with E-state index in [-0.39, 0.29) is 5.91 Å². The van der Waals surface area contributed by atoms with Gasteiger partial charge in [-0.05, 0) is 36.8 Å². The number of carbonyl (C=O) groups is 1. The van der Waals surface area contributed by atoms with Crippen molar-refractivity contribution in [3.8, 4) is 0 Å². The van der Waals surface area contributed by atoms with Crippen molar-refractivity contribution in [1.29, 1.82) is 0 Å². The van der Waals surface area contributed by atoms with Crippen molar-refractivity contribution < 1.29 is 4.79 Å². The lowest BCUT2D eigenvalue weighted by atomic mass is 10.3. The highest BCUT2D eigenvalue weighted by atomic mass is 32.1. The Hall–Kier alpha value is -0.870. The zero-order valence-electron chi connectivity index (χ0n) is 9.12. The van der Waals surface area contributed by atoms with Crippen LogP contribution in [0, 0.1) is 6.92 Å². The van der Waals surface area contributed by atoms with Crippen LogP contribution < -0.4 is 10.2 Å². The van der Waals surface area contributed by atoms with Crippen LogP contribution in [0.2, 0.25) is 0 Å². The van der Waals surface area contributed by atoms with Crippen molar-refractivity contribution in [2.24, 2.45) is 0 Å². The molecule has 0 bridgehead atoms. The minimum atomic E-state index is 0.146. The van der Waals surface area contributed by atoms with Gasteiger partial charge >= 0.3 is 0 Å². The Labute approximate surface area is 94.1 Å². The zero-order valence-corrected chi connectivity index (χ0v) is 9.93. The van der Waals surface area contributed by atoms with Crippen molar-refractivity contribution in [2.75, 3.05) is 18.5 Å². The first kappa shape index (κ1) is 10.6. The molecule has 4 heteroatoms. The molecule has 1 aromatic heterocycles. The summed E-state index contributed by atoms with van der Waals surface area (Å²) in [6, 6.07) is 2.63. The molecular weight excluding hydrogens is 208 g/mol. The second-order valence-electron chi connectivity index (χ2n) is 4.02. The minimum Gasteiger partial charge on any atom is -0.306 e. The SMILES string of the molecule is Cc1ccsc1N(C)C(=O)CNC1CC1. The maximum absolute atomic E-state index is 11.8. The van der Waals surface area contributed by atoms with Gasteiger partial charge in [-0.15, -0.1) is 11.3 Å². The summed E-state index contributed by atoms with van der Waals surface area (Å²) in [5.41, 5.74) is 1.17. The number of carbonyl (C=O) groups excluding carboxylic acids is 1. The van der Waals surface area contributed by atoms with Crippen LogP contribution in [0.25, 0.3) is 0 Å². The summed E-state index contributed by atoms with van der Waals surface area (Å²) in [5.74, 6) is 0.146. The summed E-state index contributed by atoms with van der Waals surface area (Å²) in [6.07, 6.45) is 2.43. The fourth-order valence-corrected chi connectivity index (χ4v) is 2.37. The van der Waals surface area contributed by atoms with Gasteiger partial charge in [0.1, 0.15) is 5.00 Å².